The SMILES string of the molecule is CCCCCNC(=NC)NCCn1cc(C)cn1. The van der Waals surface area contributed by atoms with Gasteiger partial charge < -0.3 is 10.6 Å². The Morgan fingerprint density at radius 1 is 1.33 bits per heavy atom. The van der Waals surface area contributed by atoms with Crippen LogP contribution in [0.3, 0.4) is 0 Å². The van der Waals surface area contributed by atoms with E-state index >= 15 is 0 Å². The summed E-state index contributed by atoms with van der Waals surface area (Å²) in [5.74, 6) is 0.870. The summed E-state index contributed by atoms with van der Waals surface area (Å²) < 4.78 is 1.94. The van der Waals surface area contributed by atoms with Gasteiger partial charge >= 0.3 is 0 Å². The van der Waals surface area contributed by atoms with Crippen LogP contribution in [-0.2, 0) is 6.54 Å². The van der Waals surface area contributed by atoms with Gasteiger partial charge in [-0.25, -0.2) is 0 Å². The molecule has 1 rings (SSSR count). The van der Waals surface area contributed by atoms with Gasteiger partial charge in [0.25, 0.3) is 0 Å². The average molecular weight is 251 g/mol. The zero-order valence-corrected chi connectivity index (χ0v) is 11.7. The van der Waals surface area contributed by atoms with Crippen molar-refractivity contribution in [3.63, 3.8) is 0 Å². The first kappa shape index (κ1) is 14.5. The first-order valence-corrected chi connectivity index (χ1v) is 6.70. The lowest BCUT2D eigenvalue weighted by Gasteiger charge is -2.11. The van der Waals surface area contributed by atoms with Crippen LogP contribution in [0, 0.1) is 6.92 Å². The van der Waals surface area contributed by atoms with Crippen molar-refractivity contribution in [2.45, 2.75) is 39.7 Å². The molecule has 0 atom stereocenters. The van der Waals surface area contributed by atoms with Crippen molar-refractivity contribution in [1.82, 2.24) is 20.4 Å². The van der Waals surface area contributed by atoms with Crippen LogP contribution in [0.25, 0.3) is 0 Å². The number of hydrogen-bond donors (Lipinski definition) is 2. The standard InChI is InChI=1S/C13H25N5/c1-4-5-6-7-15-13(14-3)16-8-9-18-11-12(2)10-17-18/h10-11H,4-9H2,1-3H3,(H2,14,15,16). The Labute approximate surface area is 110 Å². The number of nitrogens with one attached hydrogen (secondary N) is 2. The molecule has 0 fully saturated rings. The molecule has 0 aliphatic carbocycles. The fourth-order valence-electron chi connectivity index (χ4n) is 1.68. The van der Waals surface area contributed by atoms with E-state index in [0.717, 1.165) is 25.6 Å². The molecule has 0 bridgehead atoms. The van der Waals surface area contributed by atoms with Crippen LogP contribution in [0.2, 0.25) is 0 Å². The summed E-state index contributed by atoms with van der Waals surface area (Å²) in [5, 5.41) is 10.8. The molecule has 1 heterocycles. The third kappa shape index (κ3) is 5.70. The van der Waals surface area contributed by atoms with Crippen LogP contribution < -0.4 is 10.6 Å². The molecule has 5 nitrogen and oxygen atoms in total. The second-order valence-corrected chi connectivity index (χ2v) is 4.41. The molecule has 0 aromatic carbocycles. The van der Waals surface area contributed by atoms with E-state index in [2.05, 4.69) is 27.6 Å². The van der Waals surface area contributed by atoms with Gasteiger partial charge in [-0.1, -0.05) is 19.8 Å². The van der Waals surface area contributed by atoms with E-state index in [4.69, 9.17) is 0 Å². The van der Waals surface area contributed by atoms with Gasteiger partial charge in [-0.3, -0.25) is 9.67 Å². The molecule has 5 heteroatoms. The molecule has 2 N–H and O–H groups in total. The lowest BCUT2D eigenvalue weighted by molar-refractivity contribution is 0.595. The van der Waals surface area contributed by atoms with Crippen LogP contribution in [0.5, 0.6) is 0 Å². The van der Waals surface area contributed by atoms with Crippen molar-refractivity contribution >= 4 is 5.96 Å². The number of rotatable bonds is 7. The Morgan fingerprint density at radius 3 is 2.72 bits per heavy atom. The Kier molecular flexibility index (Phi) is 6.91. The Bertz CT molecular complexity index is 356. The van der Waals surface area contributed by atoms with Gasteiger partial charge in [0, 0.05) is 26.3 Å². The summed E-state index contributed by atoms with van der Waals surface area (Å²) in [4.78, 5) is 4.19. The van der Waals surface area contributed by atoms with Crippen molar-refractivity contribution in [3.8, 4) is 0 Å². The summed E-state index contributed by atoms with van der Waals surface area (Å²) in [5.41, 5.74) is 1.19. The quantitative estimate of drug-likeness (QED) is 0.439. The van der Waals surface area contributed by atoms with Crippen molar-refractivity contribution in [2.75, 3.05) is 20.1 Å². The minimum absolute atomic E-state index is 0.828. The molecule has 1 aromatic rings. The zero-order valence-electron chi connectivity index (χ0n) is 11.7. The van der Waals surface area contributed by atoms with E-state index in [1.54, 1.807) is 7.05 Å². The van der Waals surface area contributed by atoms with Crippen molar-refractivity contribution in [1.29, 1.82) is 0 Å². The van der Waals surface area contributed by atoms with Crippen LogP contribution >= 0.6 is 0 Å². The monoisotopic (exact) mass is 251 g/mol. The number of unbranched alkanes of at least 4 members (excludes halogenated alkanes) is 2. The molecular formula is C13H25N5. The highest BCUT2D eigenvalue weighted by Crippen LogP contribution is 1.93. The van der Waals surface area contributed by atoms with Gasteiger partial charge in [0.15, 0.2) is 5.96 Å². The molecule has 18 heavy (non-hydrogen) atoms. The molecule has 0 aliphatic heterocycles. The van der Waals surface area contributed by atoms with E-state index in [0.29, 0.717) is 0 Å². The molecule has 0 spiro atoms. The van der Waals surface area contributed by atoms with Gasteiger partial charge in [-0.15, -0.1) is 0 Å². The summed E-state index contributed by atoms with van der Waals surface area (Å²) in [6.45, 7) is 6.91. The Hall–Kier alpha value is -1.52. The predicted octanol–water partition coefficient (Wildman–Crippen LogP) is 1.55. The number of guanidine groups is 1. The third-order valence-corrected chi connectivity index (χ3v) is 2.69. The molecular weight excluding hydrogens is 226 g/mol. The van der Waals surface area contributed by atoms with Gasteiger partial charge in [-0.05, 0) is 18.9 Å². The predicted molar refractivity (Wildman–Crippen MR) is 75.9 cm³/mol. The minimum Gasteiger partial charge on any atom is -0.356 e. The van der Waals surface area contributed by atoms with Crippen LogP contribution in [0.1, 0.15) is 31.7 Å². The molecule has 1 aromatic heterocycles. The maximum atomic E-state index is 4.24. The van der Waals surface area contributed by atoms with Gasteiger partial charge in [0.2, 0.25) is 0 Å². The lowest BCUT2D eigenvalue weighted by atomic mass is 10.2. The maximum absolute atomic E-state index is 4.24. The Morgan fingerprint density at radius 2 is 2.11 bits per heavy atom. The molecule has 0 aliphatic rings. The summed E-state index contributed by atoms with van der Waals surface area (Å²) >= 11 is 0. The average Bonchev–Trinajstić information content (AvgIpc) is 2.78. The number of hydrogen-bond acceptors (Lipinski definition) is 2. The fourth-order valence-corrected chi connectivity index (χ4v) is 1.68. The third-order valence-electron chi connectivity index (χ3n) is 2.69. The smallest absolute Gasteiger partial charge is 0.191 e. The Balaban J connectivity index is 2.15. The van der Waals surface area contributed by atoms with E-state index in [1.165, 1.54) is 24.8 Å². The van der Waals surface area contributed by atoms with E-state index in [-0.39, 0.29) is 0 Å². The van der Waals surface area contributed by atoms with Crippen molar-refractivity contribution in [3.05, 3.63) is 18.0 Å². The highest BCUT2D eigenvalue weighted by Gasteiger charge is 1.97. The van der Waals surface area contributed by atoms with E-state index < -0.39 is 0 Å². The molecule has 102 valence electrons. The van der Waals surface area contributed by atoms with Crippen molar-refractivity contribution in [2.24, 2.45) is 4.99 Å². The second-order valence-electron chi connectivity index (χ2n) is 4.41. The van der Waals surface area contributed by atoms with E-state index in [9.17, 15) is 0 Å². The first-order chi connectivity index (χ1) is 8.76. The van der Waals surface area contributed by atoms with E-state index in [1.807, 2.05) is 24.0 Å². The molecule has 0 saturated carbocycles. The fraction of sp³-hybridized carbons (Fsp3) is 0.692. The number of aromatic nitrogens is 2. The largest absolute Gasteiger partial charge is 0.356 e. The molecule has 0 saturated heterocycles. The number of aryl methyl sites for hydroxylation is 1. The van der Waals surface area contributed by atoms with Gasteiger partial charge in [0.1, 0.15) is 0 Å². The van der Waals surface area contributed by atoms with Gasteiger partial charge in [-0.2, -0.15) is 5.10 Å². The molecule has 0 unspecified atom stereocenters. The zero-order chi connectivity index (χ0) is 13.2. The summed E-state index contributed by atoms with van der Waals surface area (Å²) in [6.07, 6.45) is 7.61. The maximum Gasteiger partial charge on any atom is 0.191 e. The highest BCUT2D eigenvalue weighted by molar-refractivity contribution is 5.79. The van der Waals surface area contributed by atoms with Gasteiger partial charge in [0.05, 0.1) is 12.7 Å². The highest BCUT2D eigenvalue weighted by atomic mass is 15.3. The number of nitrogens with zero attached hydrogens (tertiary/aromatic N) is 3. The second kappa shape index (κ2) is 8.55. The molecule has 0 amide bonds. The topological polar surface area (TPSA) is 54.2 Å². The van der Waals surface area contributed by atoms with Crippen LogP contribution in [0.4, 0.5) is 0 Å². The van der Waals surface area contributed by atoms with Crippen LogP contribution in [0.15, 0.2) is 17.4 Å². The molecule has 0 radical (unpaired) electrons. The van der Waals surface area contributed by atoms with Crippen molar-refractivity contribution < 1.29 is 0 Å². The number of aliphatic imine (C=N–C) groups is 1. The summed E-state index contributed by atoms with van der Waals surface area (Å²) in [7, 11) is 1.80. The first-order valence-electron chi connectivity index (χ1n) is 6.70. The lowest BCUT2D eigenvalue weighted by Crippen LogP contribution is -2.39. The normalized spacial score (nSPS) is 11.6. The van der Waals surface area contributed by atoms with Crippen LogP contribution in [-0.4, -0.2) is 35.9 Å². The minimum atomic E-state index is 0.828. The summed E-state index contributed by atoms with van der Waals surface area (Å²) in [6, 6.07) is 0.